The number of hydrogen-bond donors (Lipinski definition) is 1. The van der Waals surface area contributed by atoms with Gasteiger partial charge in [-0.15, -0.1) is 11.3 Å². The minimum absolute atomic E-state index is 0.357. The third-order valence-corrected chi connectivity index (χ3v) is 5.73. The molecule has 0 fully saturated rings. The van der Waals surface area contributed by atoms with Gasteiger partial charge in [0.25, 0.3) is 5.91 Å². The van der Waals surface area contributed by atoms with Crippen LogP contribution in [0.25, 0.3) is 0 Å². The number of ether oxygens (including phenoxy) is 2. The van der Waals surface area contributed by atoms with Crippen LogP contribution in [0.5, 0.6) is 5.75 Å². The second-order valence-electron chi connectivity index (χ2n) is 6.56. The van der Waals surface area contributed by atoms with Gasteiger partial charge < -0.3 is 14.8 Å². The van der Waals surface area contributed by atoms with Crippen molar-refractivity contribution in [3.63, 3.8) is 0 Å². The zero-order valence-corrected chi connectivity index (χ0v) is 16.5. The van der Waals surface area contributed by atoms with Gasteiger partial charge in [-0.25, -0.2) is 4.79 Å². The average molecular weight is 412 g/mol. The van der Waals surface area contributed by atoms with Crippen LogP contribution in [0.3, 0.4) is 0 Å². The number of fused-ring (bicyclic) bond motifs is 1. The van der Waals surface area contributed by atoms with Crippen molar-refractivity contribution >= 4 is 34.5 Å². The third-order valence-electron chi connectivity index (χ3n) is 4.52. The van der Waals surface area contributed by atoms with E-state index in [1.165, 1.54) is 11.3 Å². The Morgan fingerprint density at radius 1 is 1.14 bits per heavy atom. The average Bonchev–Trinajstić information content (AvgIpc) is 2.89. The molecule has 7 nitrogen and oxygen atoms in total. The lowest BCUT2D eigenvalue weighted by molar-refractivity contribution is -0.149. The maximum Gasteiger partial charge on any atom is 0.344 e. The number of aldehydes is 1. The number of nitrogens with one attached hydrogen (secondary N) is 1. The van der Waals surface area contributed by atoms with E-state index in [9.17, 15) is 19.6 Å². The Balaban J connectivity index is 1.49. The molecule has 1 aromatic carbocycles. The van der Waals surface area contributed by atoms with Gasteiger partial charge in [-0.1, -0.05) is 6.42 Å². The number of esters is 1. The summed E-state index contributed by atoms with van der Waals surface area (Å²) in [6.45, 7) is -0.815. The van der Waals surface area contributed by atoms with E-state index >= 15 is 0 Å². The van der Waals surface area contributed by atoms with Gasteiger partial charge in [0.05, 0.1) is 5.56 Å². The van der Waals surface area contributed by atoms with Gasteiger partial charge in [-0.2, -0.15) is 5.26 Å². The fourth-order valence-corrected chi connectivity index (χ4v) is 4.34. The quantitative estimate of drug-likeness (QED) is 0.425. The summed E-state index contributed by atoms with van der Waals surface area (Å²) in [5, 5.41) is 12.7. The SMILES string of the molecule is N#Cc1c(NC(=O)COC(=O)COc2ccc(C=O)cc2)sc2c1CCCCC2. The molecule has 1 aliphatic carbocycles. The molecule has 0 unspecified atom stereocenters. The number of hydrogen-bond acceptors (Lipinski definition) is 7. The maximum atomic E-state index is 12.1. The smallest absolute Gasteiger partial charge is 0.344 e. The summed E-state index contributed by atoms with van der Waals surface area (Å²) < 4.78 is 10.2. The molecule has 0 radical (unpaired) electrons. The molecule has 0 aliphatic heterocycles. The van der Waals surface area contributed by atoms with Crippen molar-refractivity contribution in [2.45, 2.75) is 32.1 Å². The Morgan fingerprint density at radius 2 is 1.90 bits per heavy atom. The van der Waals surface area contributed by atoms with E-state index in [4.69, 9.17) is 9.47 Å². The summed E-state index contributed by atoms with van der Waals surface area (Å²) in [4.78, 5) is 35.7. The molecule has 1 heterocycles. The molecule has 0 saturated carbocycles. The topological polar surface area (TPSA) is 105 Å². The van der Waals surface area contributed by atoms with Crippen LogP contribution >= 0.6 is 11.3 Å². The summed E-state index contributed by atoms with van der Waals surface area (Å²) in [5.41, 5.74) is 2.06. The molecule has 3 rings (SSSR count). The number of carbonyl (C=O) groups excluding carboxylic acids is 3. The molecule has 1 N–H and O–H groups in total. The van der Waals surface area contributed by atoms with Crippen LogP contribution in [0.1, 0.15) is 45.6 Å². The number of carbonyl (C=O) groups is 3. The number of rotatable bonds is 7. The van der Waals surface area contributed by atoms with E-state index in [0.29, 0.717) is 28.2 Å². The molecule has 0 atom stereocenters. The van der Waals surface area contributed by atoms with Crippen molar-refractivity contribution in [3.05, 3.63) is 45.8 Å². The Bertz CT molecular complexity index is 943. The minimum atomic E-state index is -0.693. The van der Waals surface area contributed by atoms with Gasteiger partial charge in [-0.3, -0.25) is 9.59 Å². The molecule has 2 aromatic rings. The summed E-state index contributed by atoms with van der Waals surface area (Å²) in [7, 11) is 0. The Labute approximate surface area is 172 Å². The number of anilines is 1. The Hall–Kier alpha value is -3.18. The maximum absolute atomic E-state index is 12.1. The first kappa shape index (κ1) is 20.6. The van der Waals surface area contributed by atoms with Crippen LogP contribution < -0.4 is 10.1 Å². The predicted octanol–water partition coefficient (Wildman–Crippen LogP) is 3.26. The largest absolute Gasteiger partial charge is 0.482 e. The predicted molar refractivity (Wildman–Crippen MR) is 107 cm³/mol. The molecule has 0 saturated heterocycles. The van der Waals surface area contributed by atoms with E-state index in [1.807, 2.05) is 0 Å². The van der Waals surface area contributed by atoms with Crippen LogP contribution in [0, 0.1) is 11.3 Å². The lowest BCUT2D eigenvalue weighted by Crippen LogP contribution is -2.23. The fourth-order valence-electron chi connectivity index (χ4n) is 3.08. The molecule has 0 spiro atoms. The number of thiophene rings is 1. The van der Waals surface area contributed by atoms with Crippen molar-refractivity contribution in [2.24, 2.45) is 0 Å². The van der Waals surface area contributed by atoms with E-state index in [-0.39, 0.29) is 6.61 Å². The highest BCUT2D eigenvalue weighted by Crippen LogP contribution is 2.36. The minimum Gasteiger partial charge on any atom is -0.482 e. The Kier molecular flexibility index (Phi) is 6.98. The molecule has 8 heteroatoms. The molecule has 1 aromatic heterocycles. The zero-order valence-electron chi connectivity index (χ0n) is 15.7. The lowest BCUT2D eigenvalue weighted by Gasteiger charge is -2.07. The summed E-state index contributed by atoms with van der Waals surface area (Å²) in [6, 6.07) is 8.45. The molecule has 150 valence electrons. The van der Waals surface area contributed by atoms with Crippen molar-refractivity contribution in [1.29, 1.82) is 5.26 Å². The van der Waals surface area contributed by atoms with Crippen molar-refractivity contribution in [1.82, 2.24) is 0 Å². The second-order valence-corrected chi connectivity index (χ2v) is 7.67. The van der Waals surface area contributed by atoms with Gasteiger partial charge in [-0.05, 0) is 55.5 Å². The van der Waals surface area contributed by atoms with Crippen molar-refractivity contribution in [2.75, 3.05) is 18.5 Å². The third kappa shape index (κ3) is 5.42. The zero-order chi connectivity index (χ0) is 20.6. The summed E-state index contributed by atoms with van der Waals surface area (Å²) in [5.74, 6) is -0.778. The standard InChI is InChI=1S/C21H20N2O5S/c22-10-17-16-4-2-1-3-5-18(16)29-21(17)23-19(25)12-28-20(26)13-27-15-8-6-14(11-24)7-9-15/h6-9,11H,1-5,12-13H2,(H,23,25). The lowest BCUT2D eigenvalue weighted by atomic mass is 10.1. The van der Waals surface area contributed by atoms with Gasteiger partial charge >= 0.3 is 5.97 Å². The molecule has 1 amide bonds. The Morgan fingerprint density at radius 3 is 2.62 bits per heavy atom. The normalized spacial score (nSPS) is 12.8. The molecule has 1 aliphatic rings. The molecule has 0 bridgehead atoms. The molecular weight excluding hydrogens is 392 g/mol. The number of benzene rings is 1. The second kappa shape index (κ2) is 9.85. The first-order valence-electron chi connectivity index (χ1n) is 9.29. The number of nitrogens with zero attached hydrogens (tertiary/aromatic N) is 1. The van der Waals surface area contributed by atoms with E-state index in [1.54, 1.807) is 24.3 Å². The van der Waals surface area contributed by atoms with Crippen LogP contribution in [0.15, 0.2) is 24.3 Å². The van der Waals surface area contributed by atoms with E-state index in [0.717, 1.165) is 42.5 Å². The van der Waals surface area contributed by atoms with E-state index in [2.05, 4.69) is 11.4 Å². The van der Waals surface area contributed by atoms with Crippen molar-refractivity contribution < 1.29 is 23.9 Å². The van der Waals surface area contributed by atoms with Gasteiger partial charge in [0, 0.05) is 10.4 Å². The molecule has 29 heavy (non-hydrogen) atoms. The summed E-state index contributed by atoms with van der Waals surface area (Å²) in [6.07, 6.45) is 5.76. The highest BCUT2D eigenvalue weighted by atomic mass is 32.1. The number of amides is 1. The van der Waals surface area contributed by atoms with Crippen LogP contribution in [-0.4, -0.2) is 31.4 Å². The highest BCUT2D eigenvalue weighted by molar-refractivity contribution is 7.16. The van der Waals surface area contributed by atoms with Crippen molar-refractivity contribution in [3.8, 4) is 11.8 Å². The monoisotopic (exact) mass is 412 g/mol. The van der Waals surface area contributed by atoms with Crippen LogP contribution in [0.2, 0.25) is 0 Å². The van der Waals surface area contributed by atoms with Gasteiger partial charge in [0.2, 0.25) is 0 Å². The summed E-state index contributed by atoms with van der Waals surface area (Å²) >= 11 is 1.43. The first-order chi connectivity index (χ1) is 14.1. The fraction of sp³-hybridized carbons (Fsp3) is 0.333. The van der Waals surface area contributed by atoms with Gasteiger partial charge in [0.1, 0.15) is 23.1 Å². The highest BCUT2D eigenvalue weighted by Gasteiger charge is 2.21. The van der Waals surface area contributed by atoms with Crippen LogP contribution in [-0.2, 0) is 27.2 Å². The van der Waals surface area contributed by atoms with Crippen LogP contribution in [0.4, 0.5) is 5.00 Å². The number of aryl methyl sites for hydroxylation is 1. The van der Waals surface area contributed by atoms with E-state index < -0.39 is 18.5 Å². The molecular formula is C21H20N2O5S. The first-order valence-corrected chi connectivity index (χ1v) is 10.1. The number of nitriles is 1. The van der Waals surface area contributed by atoms with Gasteiger partial charge in [0.15, 0.2) is 13.2 Å².